The van der Waals surface area contributed by atoms with Crippen LogP contribution in [0.4, 0.5) is 0 Å². The SMILES string of the molecule is Brc1cc2[nH]nncc-2n1. The van der Waals surface area contributed by atoms with Gasteiger partial charge in [-0.3, -0.25) is 5.10 Å². The fraction of sp³-hybridized carbons (Fsp3) is 0. The largest absolute Gasteiger partial charge is 0.257 e. The number of nitrogens with one attached hydrogen (secondary N) is 1. The van der Waals surface area contributed by atoms with E-state index in [-0.39, 0.29) is 0 Å². The van der Waals surface area contributed by atoms with Gasteiger partial charge in [0.1, 0.15) is 10.3 Å². The average Bonchev–Trinajstić information content (AvgIpc) is 2.27. The van der Waals surface area contributed by atoms with Crippen LogP contribution in [0.25, 0.3) is 11.4 Å². The highest BCUT2D eigenvalue weighted by atomic mass is 79.9. The Hall–Kier alpha value is -0.970. The molecule has 0 saturated heterocycles. The maximum absolute atomic E-state index is 4.10. The first-order valence-corrected chi connectivity index (χ1v) is 3.48. The van der Waals surface area contributed by atoms with Gasteiger partial charge in [-0.15, -0.1) is 5.10 Å². The van der Waals surface area contributed by atoms with Crippen LogP contribution in [0.5, 0.6) is 0 Å². The Balaban J connectivity index is 2.76. The maximum Gasteiger partial charge on any atom is 0.110 e. The predicted octanol–water partition coefficient (Wildman–Crippen LogP) is 1.07. The van der Waals surface area contributed by atoms with Crippen molar-refractivity contribution in [1.82, 2.24) is 20.4 Å². The highest BCUT2D eigenvalue weighted by molar-refractivity contribution is 9.10. The van der Waals surface area contributed by atoms with Crippen LogP contribution in [0.2, 0.25) is 0 Å². The van der Waals surface area contributed by atoms with E-state index in [2.05, 4.69) is 36.3 Å². The minimum Gasteiger partial charge on any atom is -0.257 e. The van der Waals surface area contributed by atoms with Crippen molar-refractivity contribution >= 4 is 15.9 Å². The summed E-state index contributed by atoms with van der Waals surface area (Å²) in [6, 6.07) is 1.85. The first kappa shape index (κ1) is 5.79. The van der Waals surface area contributed by atoms with E-state index in [1.54, 1.807) is 6.20 Å². The van der Waals surface area contributed by atoms with Crippen LogP contribution in [0.15, 0.2) is 16.9 Å². The molecule has 2 aliphatic rings. The number of hydrogen-bond donors (Lipinski definition) is 1. The van der Waals surface area contributed by atoms with Crippen molar-refractivity contribution in [2.24, 2.45) is 0 Å². The quantitative estimate of drug-likeness (QED) is 0.690. The molecule has 10 heavy (non-hydrogen) atoms. The summed E-state index contributed by atoms with van der Waals surface area (Å²) in [5.41, 5.74) is 1.71. The molecule has 5 heteroatoms. The maximum atomic E-state index is 4.10. The fourth-order valence-electron chi connectivity index (χ4n) is 0.755. The van der Waals surface area contributed by atoms with E-state index in [9.17, 15) is 0 Å². The zero-order chi connectivity index (χ0) is 6.97. The summed E-state index contributed by atoms with van der Waals surface area (Å²) >= 11 is 3.24. The van der Waals surface area contributed by atoms with Crippen molar-refractivity contribution in [3.63, 3.8) is 0 Å². The molecular weight excluding hydrogens is 196 g/mol. The second-order valence-corrected chi connectivity index (χ2v) is 2.65. The lowest BCUT2D eigenvalue weighted by Gasteiger charge is -1.89. The monoisotopic (exact) mass is 198 g/mol. The summed E-state index contributed by atoms with van der Waals surface area (Å²) in [5, 5.41) is 9.95. The number of aromatic nitrogens is 4. The molecule has 0 bridgehead atoms. The smallest absolute Gasteiger partial charge is 0.110 e. The predicted molar refractivity (Wildman–Crippen MR) is 38.5 cm³/mol. The van der Waals surface area contributed by atoms with E-state index < -0.39 is 0 Å². The van der Waals surface area contributed by atoms with Gasteiger partial charge in [-0.25, -0.2) is 4.98 Å². The molecule has 50 valence electrons. The van der Waals surface area contributed by atoms with Crippen LogP contribution >= 0.6 is 15.9 Å². The van der Waals surface area contributed by atoms with E-state index in [1.165, 1.54) is 0 Å². The third kappa shape index (κ3) is 0.786. The molecule has 0 aliphatic carbocycles. The molecule has 4 nitrogen and oxygen atoms in total. The Labute approximate surface area is 65.1 Å². The van der Waals surface area contributed by atoms with Crippen molar-refractivity contribution in [3.05, 3.63) is 16.9 Å². The highest BCUT2D eigenvalue weighted by Crippen LogP contribution is 2.20. The number of fused-ring (bicyclic) bond motifs is 1. The normalized spacial score (nSPS) is 10.5. The van der Waals surface area contributed by atoms with Gasteiger partial charge in [0.15, 0.2) is 0 Å². The van der Waals surface area contributed by atoms with Crippen molar-refractivity contribution in [2.45, 2.75) is 0 Å². The summed E-state index contributed by atoms with van der Waals surface area (Å²) in [6.45, 7) is 0. The molecule has 0 saturated carbocycles. The van der Waals surface area contributed by atoms with Crippen LogP contribution < -0.4 is 0 Å². The summed E-state index contributed by atoms with van der Waals surface area (Å²) in [5.74, 6) is 0. The van der Waals surface area contributed by atoms with Crippen LogP contribution in [0.1, 0.15) is 0 Å². The molecule has 0 aromatic heterocycles. The molecule has 0 aromatic carbocycles. The molecule has 2 rings (SSSR count). The van der Waals surface area contributed by atoms with Gasteiger partial charge in [0.25, 0.3) is 0 Å². The Bertz CT molecular complexity index is 288. The van der Waals surface area contributed by atoms with Gasteiger partial charge < -0.3 is 0 Å². The van der Waals surface area contributed by atoms with Crippen molar-refractivity contribution < 1.29 is 0 Å². The van der Waals surface area contributed by atoms with Crippen molar-refractivity contribution in [3.8, 4) is 11.4 Å². The molecule has 0 amide bonds. The van der Waals surface area contributed by atoms with E-state index in [1.807, 2.05) is 6.07 Å². The zero-order valence-corrected chi connectivity index (χ0v) is 6.46. The first-order valence-electron chi connectivity index (χ1n) is 2.68. The number of aromatic amines is 1. The van der Waals surface area contributed by atoms with Crippen molar-refractivity contribution in [1.29, 1.82) is 0 Å². The second kappa shape index (κ2) is 2.02. The van der Waals surface area contributed by atoms with E-state index in [0.29, 0.717) is 0 Å². The summed E-state index contributed by atoms with van der Waals surface area (Å²) in [6.07, 6.45) is 1.61. The molecule has 0 spiro atoms. The van der Waals surface area contributed by atoms with Gasteiger partial charge in [-0.2, -0.15) is 0 Å². The molecule has 0 fully saturated rings. The van der Waals surface area contributed by atoms with Crippen LogP contribution in [-0.4, -0.2) is 20.4 Å². The molecule has 2 aliphatic heterocycles. The number of hydrogen-bond acceptors (Lipinski definition) is 3. The third-order valence-corrected chi connectivity index (χ3v) is 1.58. The molecule has 2 heterocycles. The Morgan fingerprint density at radius 3 is 3.20 bits per heavy atom. The number of halogens is 1. The summed E-state index contributed by atoms with van der Waals surface area (Å²) in [7, 11) is 0. The Morgan fingerprint density at radius 2 is 2.40 bits per heavy atom. The fourth-order valence-corrected chi connectivity index (χ4v) is 1.17. The molecule has 1 N–H and O–H groups in total. The molecule has 0 aromatic rings. The van der Waals surface area contributed by atoms with Gasteiger partial charge in [0.2, 0.25) is 0 Å². The van der Waals surface area contributed by atoms with Crippen LogP contribution in [0, 0.1) is 0 Å². The standard InChI is InChI=1S/C5H3BrN4/c6-5-1-3-4(8-5)2-7-10-9-3/h1-2H,(H,7,9). The average molecular weight is 199 g/mol. The van der Waals surface area contributed by atoms with Gasteiger partial charge in [0.05, 0.1) is 11.9 Å². The van der Waals surface area contributed by atoms with Gasteiger partial charge in [0, 0.05) is 0 Å². The minimum absolute atomic E-state index is 0.800. The zero-order valence-electron chi connectivity index (χ0n) is 4.87. The number of rotatable bonds is 0. The van der Waals surface area contributed by atoms with Gasteiger partial charge >= 0.3 is 0 Å². The van der Waals surface area contributed by atoms with E-state index >= 15 is 0 Å². The first-order chi connectivity index (χ1) is 4.86. The van der Waals surface area contributed by atoms with E-state index in [0.717, 1.165) is 16.0 Å². The Morgan fingerprint density at radius 1 is 1.50 bits per heavy atom. The minimum atomic E-state index is 0.800. The topological polar surface area (TPSA) is 54.5 Å². The highest BCUT2D eigenvalue weighted by Gasteiger charge is 2.05. The third-order valence-electron chi connectivity index (χ3n) is 1.17. The van der Waals surface area contributed by atoms with Gasteiger partial charge in [-0.05, 0) is 22.0 Å². The van der Waals surface area contributed by atoms with Gasteiger partial charge in [-0.1, -0.05) is 5.21 Å². The number of nitrogens with zero attached hydrogens (tertiary/aromatic N) is 3. The van der Waals surface area contributed by atoms with Crippen molar-refractivity contribution in [2.75, 3.05) is 0 Å². The summed E-state index contributed by atoms with van der Waals surface area (Å²) < 4.78 is 0.800. The van der Waals surface area contributed by atoms with Crippen LogP contribution in [-0.2, 0) is 0 Å². The number of H-pyrrole nitrogens is 1. The van der Waals surface area contributed by atoms with Crippen LogP contribution in [0.3, 0.4) is 0 Å². The second-order valence-electron chi connectivity index (χ2n) is 1.83. The molecule has 0 atom stereocenters. The lowest BCUT2D eigenvalue weighted by atomic mass is 10.4. The molecule has 0 unspecified atom stereocenters. The lowest BCUT2D eigenvalue weighted by molar-refractivity contribution is 0.867. The Kier molecular flexibility index (Phi) is 1.17. The van der Waals surface area contributed by atoms with E-state index in [4.69, 9.17) is 0 Å². The molecule has 0 radical (unpaired) electrons. The lowest BCUT2D eigenvalue weighted by Crippen LogP contribution is -1.88. The molecular formula is C5H3BrN4. The summed E-state index contributed by atoms with van der Waals surface area (Å²) in [4.78, 5) is 4.10.